The number of nitrogens with two attached hydrogens (primary N) is 1. The van der Waals surface area contributed by atoms with Crippen LogP contribution in [0.25, 0.3) is 0 Å². The van der Waals surface area contributed by atoms with Gasteiger partial charge in [-0.15, -0.1) is 0 Å². The highest BCUT2D eigenvalue weighted by Gasteiger charge is 2.28. The highest BCUT2D eigenvalue weighted by Crippen LogP contribution is 2.37. The maximum atomic E-state index is 6.00. The predicted molar refractivity (Wildman–Crippen MR) is 81.2 cm³/mol. The molecule has 2 heterocycles. The third kappa shape index (κ3) is 2.37. The summed E-state index contributed by atoms with van der Waals surface area (Å²) in [7, 11) is 0. The highest BCUT2D eigenvalue weighted by atomic mass is 35.5. The van der Waals surface area contributed by atoms with Gasteiger partial charge in [-0.3, -0.25) is 0 Å². The number of benzene rings is 2. The number of fused-ring (bicyclic) bond motifs is 2. The van der Waals surface area contributed by atoms with Gasteiger partial charge in [-0.25, -0.2) is 0 Å². The standard InChI is InChI=1S/C17H16ClNO2/c18-13-3-1-11(2-4-13)17-14-10-16-15(20-7-8-21-16)9-12(14)5-6-19-17/h1-4,9-10,17,19H,5-8H2/p+1/t17-/m0/s1. The molecule has 0 radical (unpaired) electrons. The maximum absolute atomic E-state index is 6.00. The molecule has 0 unspecified atom stereocenters. The highest BCUT2D eigenvalue weighted by molar-refractivity contribution is 6.30. The van der Waals surface area contributed by atoms with Crippen LogP contribution in [-0.4, -0.2) is 19.8 Å². The molecule has 0 aromatic heterocycles. The molecule has 2 N–H and O–H groups in total. The molecule has 0 spiro atoms. The van der Waals surface area contributed by atoms with Crippen LogP contribution in [0, 0.1) is 0 Å². The molecule has 4 heteroatoms. The Hall–Kier alpha value is -1.71. The number of hydrogen-bond acceptors (Lipinski definition) is 2. The van der Waals surface area contributed by atoms with E-state index < -0.39 is 0 Å². The Morgan fingerprint density at radius 2 is 1.71 bits per heavy atom. The van der Waals surface area contributed by atoms with E-state index in [1.807, 2.05) is 12.1 Å². The lowest BCUT2D eigenvalue weighted by atomic mass is 9.89. The molecule has 1 atom stereocenters. The van der Waals surface area contributed by atoms with Crippen LogP contribution in [0.2, 0.25) is 5.02 Å². The first-order valence-electron chi connectivity index (χ1n) is 7.32. The predicted octanol–water partition coefficient (Wildman–Crippen LogP) is 2.32. The molecule has 0 saturated carbocycles. The molecule has 0 bridgehead atoms. The summed E-state index contributed by atoms with van der Waals surface area (Å²) in [5.41, 5.74) is 3.96. The monoisotopic (exact) mass is 302 g/mol. The fourth-order valence-electron chi connectivity index (χ4n) is 3.17. The summed E-state index contributed by atoms with van der Waals surface area (Å²) in [4.78, 5) is 0. The second-order valence-electron chi connectivity index (χ2n) is 5.50. The van der Waals surface area contributed by atoms with Crippen molar-refractivity contribution in [2.75, 3.05) is 19.8 Å². The van der Waals surface area contributed by atoms with Gasteiger partial charge in [0, 0.05) is 22.6 Å². The van der Waals surface area contributed by atoms with E-state index in [2.05, 4.69) is 29.6 Å². The molecule has 2 aromatic carbocycles. The number of quaternary nitrogens is 1. The molecule has 21 heavy (non-hydrogen) atoms. The summed E-state index contributed by atoms with van der Waals surface area (Å²) in [6, 6.07) is 12.7. The minimum absolute atomic E-state index is 0.307. The summed E-state index contributed by atoms with van der Waals surface area (Å²) >= 11 is 6.00. The van der Waals surface area contributed by atoms with Crippen LogP contribution >= 0.6 is 11.6 Å². The van der Waals surface area contributed by atoms with Crippen molar-refractivity contribution in [1.82, 2.24) is 0 Å². The van der Waals surface area contributed by atoms with Crippen LogP contribution in [0.15, 0.2) is 36.4 Å². The van der Waals surface area contributed by atoms with E-state index in [0.717, 1.165) is 29.5 Å². The van der Waals surface area contributed by atoms with Gasteiger partial charge in [-0.1, -0.05) is 23.7 Å². The van der Waals surface area contributed by atoms with Crippen molar-refractivity contribution in [1.29, 1.82) is 0 Å². The van der Waals surface area contributed by atoms with Crippen LogP contribution in [0.5, 0.6) is 11.5 Å². The van der Waals surface area contributed by atoms with E-state index in [1.165, 1.54) is 16.7 Å². The smallest absolute Gasteiger partial charge is 0.161 e. The van der Waals surface area contributed by atoms with E-state index >= 15 is 0 Å². The van der Waals surface area contributed by atoms with Crippen LogP contribution < -0.4 is 14.8 Å². The van der Waals surface area contributed by atoms with E-state index in [0.29, 0.717) is 19.3 Å². The van der Waals surface area contributed by atoms with Gasteiger partial charge in [-0.05, 0) is 29.8 Å². The van der Waals surface area contributed by atoms with Gasteiger partial charge in [0.05, 0.1) is 6.54 Å². The van der Waals surface area contributed by atoms with Crippen molar-refractivity contribution in [3.63, 3.8) is 0 Å². The molecule has 0 aliphatic carbocycles. The molecular weight excluding hydrogens is 286 g/mol. The van der Waals surface area contributed by atoms with Crippen LogP contribution in [-0.2, 0) is 6.42 Å². The first-order chi connectivity index (χ1) is 10.3. The Labute approximate surface area is 128 Å². The second kappa shape index (κ2) is 5.24. The Morgan fingerprint density at radius 1 is 1.00 bits per heavy atom. The van der Waals surface area contributed by atoms with Crippen molar-refractivity contribution in [2.24, 2.45) is 0 Å². The number of rotatable bonds is 1. The Kier molecular flexibility index (Phi) is 3.24. The minimum atomic E-state index is 0.307. The fraction of sp³-hybridized carbons (Fsp3) is 0.294. The average Bonchev–Trinajstić information content (AvgIpc) is 2.53. The first-order valence-corrected chi connectivity index (χ1v) is 7.70. The molecular formula is C17H17ClNO2+. The molecule has 0 amide bonds. The van der Waals surface area contributed by atoms with Crippen LogP contribution in [0.4, 0.5) is 0 Å². The largest absolute Gasteiger partial charge is 0.486 e. The Morgan fingerprint density at radius 3 is 2.48 bits per heavy atom. The van der Waals surface area contributed by atoms with E-state index in [4.69, 9.17) is 21.1 Å². The molecule has 2 aliphatic heterocycles. The van der Waals surface area contributed by atoms with Gasteiger partial charge in [0.15, 0.2) is 11.5 Å². The van der Waals surface area contributed by atoms with E-state index in [-0.39, 0.29) is 0 Å². The lowest BCUT2D eigenvalue weighted by Crippen LogP contribution is -2.87. The van der Waals surface area contributed by atoms with Crippen LogP contribution in [0.3, 0.4) is 0 Å². The van der Waals surface area contributed by atoms with Gasteiger partial charge in [-0.2, -0.15) is 0 Å². The quantitative estimate of drug-likeness (QED) is 0.877. The third-order valence-corrected chi connectivity index (χ3v) is 4.44. The van der Waals surface area contributed by atoms with Gasteiger partial charge in [0.1, 0.15) is 19.3 Å². The summed E-state index contributed by atoms with van der Waals surface area (Å²) < 4.78 is 11.4. The molecule has 3 nitrogen and oxygen atoms in total. The molecule has 108 valence electrons. The van der Waals surface area contributed by atoms with Gasteiger partial charge in [0.25, 0.3) is 0 Å². The SMILES string of the molecule is Clc1ccc([C@@H]2[NH2+]CCc3cc4c(cc32)OCCO4)cc1. The van der Waals surface area contributed by atoms with Crippen molar-refractivity contribution in [3.05, 3.63) is 58.1 Å². The summed E-state index contributed by atoms with van der Waals surface area (Å²) in [5.74, 6) is 1.76. The van der Waals surface area contributed by atoms with Gasteiger partial charge < -0.3 is 14.8 Å². The zero-order valence-corrected chi connectivity index (χ0v) is 12.4. The fourth-order valence-corrected chi connectivity index (χ4v) is 3.30. The van der Waals surface area contributed by atoms with Crippen molar-refractivity contribution in [3.8, 4) is 11.5 Å². The Balaban J connectivity index is 1.78. The van der Waals surface area contributed by atoms with Crippen molar-refractivity contribution < 1.29 is 14.8 Å². The van der Waals surface area contributed by atoms with E-state index in [1.54, 1.807) is 0 Å². The summed E-state index contributed by atoms with van der Waals surface area (Å²) in [5, 5.41) is 3.15. The number of hydrogen-bond donors (Lipinski definition) is 1. The molecule has 4 rings (SSSR count). The topological polar surface area (TPSA) is 35.1 Å². The Bertz CT molecular complexity index is 669. The number of ether oxygens (including phenoxy) is 2. The molecule has 0 fully saturated rings. The van der Waals surface area contributed by atoms with Crippen molar-refractivity contribution >= 4 is 11.6 Å². The van der Waals surface area contributed by atoms with Crippen molar-refractivity contribution in [2.45, 2.75) is 12.5 Å². The zero-order valence-electron chi connectivity index (χ0n) is 11.6. The molecule has 2 aromatic rings. The van der Waals surface area contributed by atoms with E-state index in [9.17, 15) is 0 Å². The summed E-state index contributed by atoms with van der Waals surface area (Å²) in [6.07, 6.45) is 1.07. The normalized spacial score (nSPS) is 20.0. The lowest BCUT2D eigenvalue weighted by Gasteiger charge is -2.27. The lowest BCUT2D eigenvalue weighted by molar-refractivity contribution is -0.690. The van der Waals surface area contributed by atoms with Gasteiger partial charge >= 0.3 is 0 Å². The second-order valence-corrected chi connectivity index (χ2v) is 5.93. The molecule has 0 saturated heterocycles. The first kappa shape index (κ1) is 13.0. The van der Waals surface area contributed by atoms with Crippen LogP contribution in [0.1, 0.15) is 22.7 Å². The maximum Gasteiger partial charge on any atom is 0.161 e. The molecule has 2 aliphatic rings. The number of halogens is 1. The third-order valence-electron chi connectivity index (χ3n) is 4.18. The van der Waals surface area contributed by atoms with Gasteiger partial charge in [0.2, 0.25) is 0 Å². The average molecular weight is 303 g/mol. The minimum Gasteiger partial charge on any atom is -0.486 e. The summed E-state index contributed by atoms with van der Waals surface area (Å²) in [6.45, 7) is 2.35. The zero-order chi connectivity index (χ0) is 14.2.